The highest BCUT2D eigenvalue weighted by Gasteiger charge is 2.26. The Morgan fingerprint density at radius 3 is 2.38 bits per heavy atom. The number of amides is 1. The molecule has 0 atom stereocenters. The number of rotatable bonds is 7. The maximum Gasteiger partial charge on any atom is 0.253 e. The van der Waals surface area contributed by atoms with Crippen LogP contribution in [0.5, 0.6) is 17.4 Å². The van der Waals surface area contributed by atoms with Crippen molar-refractivity contribution in [2.45, 2.75) is 46.6 Å². The summed E-state index contributed by atoms with van der Waals surface area (Å²) in [5.74, 6) is 2.57. The van der Waals surface area contributed by atoms with E-state index in [4.69, 9.17) is 14.2 Å². The molecule has 2 aromatic rings. The molecular formula is C22H29N3O4. The quantitative estimate of drug-likeness (QED) is 0.709. The summed E-state index contributed by atoms with van der Waals surface area (Å²) >= 11 is 0. The first-order valence-corrected chi connectivity index (χ1v) is 10.2. The standard InChI is InChI=1S/C22H29N3O4/c1-5-27-19-8-7-17(14-20(19)28-6-2)22(26)25-11-9-18(10-12-25)29-21-13-15(3)23-16(4)24-21/h7-8,13-14,18H,5-6,9-12H2,1-4H3. The molecular weight excluding hydrogens is 370 g/mol. The SMILES string of the molecule is CCOc1ccc(C(=O)N2CCC(Oc3cc(C)nc(C)n3)CC2)cc1OCC. The number of hydrogen-bond acceptors (Lipinski definition) is 6. The van der Waals surface area contributed by atoms with E-state index in [1.165, 1.54) is 0 Å². The van der Waals surface area contributed by atoms with Crippen molar-refractivity contribution >= 4 is 5.91 Å². The summed E-state index contributed by atoms with van der Waals surface area (Å²) in [6, 6.07) is 7.22. The van der Waals surface area contributed by atoms with E-state index in [0.717, 1.165) is 18.5 Å². The average molecular weight is 399 g/mol. The van der Waals surface area contributed by atoms with E-state index in [9.17, 15) is 4.79 Å². The normalized spacial score (nSPS) is 14.6. The van der Waals surface area contributed by atoms with Gasteiger partial charge in [0.2, 0.25) is 5.88 Å². The molecule has 2 heterocycles. The second-order valence-corrected chi connectivity index (χ2v) is 7.03. The summed E-state index contributed by atoms with van der Waals surface area (Å²) in [5.41, 5.74) is 1.50. The minimum atomic E-state index is 0.00109. The Hall–Kier alpha value is -2.83. The van der Waals surface area contributed by atoms with Crippen LogP contribution in [0.2, 0.25) is 0 Å². The fourth-order valence-corrected chi connectivity index (χ4v) is 3.46. The molecule has 7 nitrogen and oxygen atoms in total. The molecule has 0 bridgehead atoms. The molecule has 1 aromatic carbocycles. The molecule has 0 aliphatic carbocycles. The molecule has 3 rings (SSSR count). The predicted octanol–water partition coefficient (Wildman–Crippen LogP) is 3.57. The first-order chi connectivity index (χ1) is 14.0. The number of carbonyl (C=O) groups excluding carboxylic acids is 1. The summed E-state index contributed by atoms with van der Waals surface area (Å²) in [6.07, 6.45) is 1.58. The van der Waals surface area contributed by atoms with Gasteiger partial charge in [0.1, 0.15) is 11.9 Å². The molecule has 0 radical (unpaired) electrons. The molecule has 0 saturated carbocycles. The molecule has 0 unspecified atom stereocenters. The van der Waals surface area contributed by atoms with Gasteiger partial charge in [0.25, 0.3) is 5.91 Å². The van der Waals surface area contributed by atoms with Gasteiger partial charge in [-0.15, -0.1) is 0 Å². The summed E-state index contributed by atoms with van der Waals surface area (Å²) < 4.78 is 17.2. The average Bonchev–Trinajstić information content (AvgIpc) is 2.69. The molecule has 1 saturated heterocycles. The third-order valence-electron chi connectivity index (χ3n) is 4.75. The predicted molar refractivity (Wildman–Crippen MR) is 110 cm³/mol. The number of likely N-dealkylation sites (tertiary alicyclic amines) is 1. The van der Waals surface area contributed by atoms with Gasteiger partial charge >= 0.3 is 0 Å². The van der Waals surface area contributed by atoms with Crippen molar-refractivity contribution < 1.29 is 19.0 Å². The molecule has 1 aliphatic heterocycles. The van der Waals surface area contributed by atoms with Crippen LogP contribution in [0.3, 0.4) is 0 Å². The number of benzene rings is 1. The third-order valence-corrected chi connectivity index (χ3v) is 4.75. The van der Waals surface area contributed by atoms with Crippen molar-refractivity contribution in [2.24, 2.45) is 0 Å². The van der Waals surface area contributed by atoms with Gasteiger partial charge in [-0.1, -0.05) is 0 Å². The van der Waals surface area contributed by atoms with E-state index in [1.54, 1.807) is 18.2 Å². The number of piperidine rings is 1. The van der Waals surface area contributed by atoms with E-state index < -0.39 is 0 Å². The van der Waals surface area contributed by atoms with Crippen LogP contribution in [-0.2, 0) is 0 Å². The van der Waals surface area contributed by atoms with Gasteiger partial charge in [-0.2, -0.15) is 4.98 Å². The highest BCUT2D eigenvalue weighted by Crippen LogP contribution is 2.29. The van der Waals surface area contributed by atoms with Crippen molar-refractivity contribution in [1.82, 2.24) is 14.9 Å². The van der Waals surface area contributed by atoms with E-state index in [1.807, 2.05) is 38.7 Å². The zero-order valence-electron chi connectivity index (χ0n) is 17.6. The van der Waals surface area contributed by atoms with Crippen LogP contribution in [0, 0.1) is 13.8 Å². The van der Waals surface area contributed by atoms with Crippen LogP contribution in [0.4, 0.5) is 0 Å². The molecule has 0 spiro atoms. The number of carbonyl (C=O) groups is 1. The van der Waals surface area contributed by atoms with E-state index in [-0.39, 0.29) is 12.0 Å². The van der Waals surface area contributed by atoms with Crippen LogP contribution in [0.1, 0.15) is 48.6 Å². The van der Waals surface area contributed by atoms with Gasteiger partial charge in [-0.05, 0) is 45.9 Å². The molecule has 29 heavy (non-hydrogen) atoms. The van der Waals surface area contributed by atoms with Gasteiger partial charge in [0.05, 0.1) is 13.2 Å². The topological polar surface area (TPSA) is 73.8 Å². The lowest BCUT2D eigenvalue weighted by molar-refractivity contribution is 0.0587. The fraction of sp³-hybridized carbons (Fsp3) is 0.500. The monoisotopic (exact) mass is 399 g/mol. The molecule has 1 aromatic heterocycles. The van der Waals surface area contributed by atoms with Gasteiger partial charge in [0, 0.05) is 43.3 Å². The lowest BCUT2D eigenvalue weighted by atomic mass is 10.1. The van der Waals surface area contributed by atoms with Crippen LogP contribution in [-0.4, -0.2) is 53.2 Å². The van der Waals surface area contributed by atoms with Crippen molar-refractivity contribution in [3.63, 3.8) is 0 Å². The summed E-state index contributed by atoms with van der Waals surface area (Å²) in [6.45, 7) is 9.97. The first kappa shape index (κ1) is 20.9. The minimum Gasteiger partial charge on any atom is -0.490 e. The Morgan fingerprint density at radius 2 is 1.72 bits per heavy atom. The second kappa shape index (κ2) is 9.58. The molecule has 156 valence electrons. The fourth-order valence-electron chi connectivity index (χ4n) is 3.46. The molecule has 1 fully saturated rings. The second-order valence-electron chi connectivity index (χ2n) is 7.03. The van der Waals surface area contributed by atoms with Gasteiger partial charge in [-0.25, -0.2) is 4.98 Å². The number of aromatic nitrogens is 2. The zero-order valence-corrected chi connectivity index (χ0v) is 17.6. The molecule has 7 heteroatoms. The smallest absolute Gasteiger partial charge is 0.253 e. The summed E-state index contributed by atoms with van der Waals surface area (Å²) in [4.78, 5) is 23.4. The first-order valence-electron chi connectivity index (χ1n) is 10.2. The van der Waals surface area contributed by atoms with Crippen molar-refractivity contribution in [2.75, 3.05) is 26.3 Å². The van der Waals surface area contributed by atoms with Crippen LogP contribution in [0.25, 0.3) is 0 Å². The van der Waals surface area contributed by atoms with Crippen LogP contribution < -0.4 is 14.2 Å². The zero-order chi connectivity index (χ0) is 20.8. The molecule has 1 amide bonds. The van der Waals surface area contributed by atoms with Crippen LogP contribution >= 0.6 is 0 Å². The summed E-state index contributed by atoms with van der Waals surface area (Å²) in [7, 11) is 0. The van der Waals surface area contributed by atoms with Gasteiger partial charge in [0.15, 0.2) is 11.5 Å². The summed E-state index contributed by atoms with van der Waals surface area (Å²) in [5, 5.41) is 0. The highest BCUT2D eigenvalue weighted by atomic mass is 16.5. The van der Waals surface area contributed by atoms with Crippen LogP contribution in [0.15, 0.2) is 24.3 Å². The Kier molecular flexibility index (Phi) is 6.90. The van der Waals surface area contributed by atoms with Crippen molar-refractivity contribution in [3.8, 4) is 17.4 Å². The maximum absolute atomic E-state index is 12.9. The number of nitrogens with zero attached hydrogens (tertiary/aromatic N) is 3. The highest BCUT2D eigenvalue weighted by molar-refractivity contribution is 5.95. The van der Waals surface area contributed by atoms with Crippen molar-refractivity contribution in [3.05, 3.63) is 41.3 Å². The lowest BCUT2D eigenvalue weighted by Gasteiger charge is -2.32. The third kappa shape index (κ3) is 5.37. The van der Waals surface area contributed by atoms with Crippen molar-refractivity contribution in [1.29, 1.82) is 0 Å². The Labute approximate surface area is 172 Å². The lowest BCUT2D eigenvalue weighted by Crippen LogP contribution is -2.41. The van der Waals surface area contributed by atoms with E-state index >= 15 is 0 Å². The van der Waals surface area contributed by atoms with Gasteiger partial charge < -0.3 is 19.1 Å². The molecule has 0 N–H and O–H groups in total. The van der Waals surface area contributed by atoms with Gasteiger partial charge in [-0.3, -0.25) is 4.79 Å². The minimum absolute atomic E-state index is 0.00109. The molecule has 1 aliphatic rings. The number of aryl methyl sites for hydroxylation is 2. The number of hydrogen-bond donors (Lipinski definition) is 0. The Morgan fingerprint density at radius 1 is 1.03 bits per heavy atom. The van der Waals surface area contributed by atoms with E-state index in [2.05, 4.69) is 9.97 Å². The maximum atomic E-state index is 12.9. The number of ether oxygens (including phenoxy) is 3. The largest absolute Gasteiger partial charge is 0.490 e. The van der Waals surface area contributed by atoms with E-state index in [0.29, 0.717) is 55.1 Å². The Bertz CT molecular complexity index is 828. The Balaban J connectivity index is 1.61.